The van der Waals surface area contributed by atoms with E-state index in [0.29, 0.717) is 5.92 Å². The molecule has 2 unspecified atom stereocenters. The standard InChI is InChI=1S/C24H29NO3/c1-26-22-11-5-9-20(16-22)21-10-6-12-25(17-21)23(24-18-27-13-14-28-24)15-19-7-3-2-4-8-19/h2-3,5,7,9,11,13-14,16,18,21,23H,4,6,8,10,12,15,17H2,1H3. The van der Waals surface area contributed by atoms with Crippen LogP contribution in [0.5, 0.6) is 5.75 Å². The van der Waals surface area contributed by atoms with Gasteiger partial charge >= 0.3 is 0 Å². The van der Waals surface area contributed by atoms with Crippen molar-refractivity contribution < 1.29 is 14.2 Å². The predicted octanol–water partition coefficient (Wildman–Crippen LogP) is 5.27. The molecule has 2 heterocycles. The summed E-state index contributed by atoms with van der Waals surface area (Å²) < 4.78 is 16.7. The Morgan fingerprint density at radius 2 is 2.25 bits per heavy atom. The molecule has 0 bridgehead atoms. The number of ether oxygens (including phenoxy) is 3. The van der Waals surface area contributed by atoms with Gasteiger partial charge in [0.2, 0.25) is 0 Å². The van der Waals surface area contributed by atoms with Crippen LogP contribution < -0.4 is 4.74 Å². The van der Waals surface area contributed by atoms with Gasteiger partial charge in [0.25, 0.3) is 0 Å². The molecule has 4 heteroatoms. The largest absolute Gasteiger partial charge is 0.497 e. The number of hydrogen-bond acceptors (Lipinski definition) is 4. The average Bonchev–Trinajstić information content (AvgIpc) is 2.79. The Bertz CT molecular complexity index is 793. The summed E-state index contributed by atoms with van der Waals surface area (Å²) >= 11 is 0. The molecule has 0 saturated carbocycles. The van der Waals surface area contributed by atoms with Crippen LogP contribution in [0.25, 0.3) is 0 Å². The minimum atomic E-state index is 0.205. The molecule has 2 atom stereocenters. The smallest absolute Gasteiger partial charge is 0.156 e. The Balaban J connectivity index is 1.53. The molecule has 148 valence electrons. The minimum absolute atomic E-state index is 0.205. The molecule has 4 rings (SSSR count). The van der Waals surface area contributed by atoms with Crippen LogP contribution >= 0.6 is 0 Å². The van der Waals surface area contributed by atoms with Gasteiger partial charge in [0.05, 0.1) is 13.2 Å². The quantitative estimate of drug-likeness (QED) is 0.674. The van der Waals surface area contributed by atoms with Gasteiger partial charge in [-0.15, -0.1) is 0 Å². The van der Waals surface area contributed by atoms with Gasteiger partial charge in [-0.25, -0.2) is 0 Å². The van der Waals surface area contributed by atoms with Gasteiger partial charge in [-0.3, -0.25) is 4.90 Å². The molecule has 2 aliphatic heterocycles. The molecular weight excluding hydrogens is 350 g/mol. The summed E-state index contributed by atoms with van der Waals surface area (Å²) in [6.07, 6.45) is 17.3. The summed E-state index contributed by atoms with van der Waals surface area (Å²) in [6, 6.07) is 8.72. The normalized spacial score (nSPS) is 23.2. The molecule has 1 saturated heterocycles. The molecule has 4 nitrogen and oxygen atoms in total. The highest BCUT2D eigenvalue weighted by atomic mass is 16.5. The van der Waals surface area contributed by atoms with E-state index in [9.17, 15) is 0 Å². The number of piperidine rings is 1. The third-order valence-electron chi connectivity index (χ3n) is 5.87. The Morgan fingerprint density at radius 3 is 3.04 bits per heavy atom. The second kappa shape index (κ2) is 9.16. The van der Waals surface area contributed by atoms with Gasteiger partial charge < -0.3 is 14.2 Å². The van der Waals surface area contributed by atoms with Gasteiger partial charge in [0.15, 0.2) is 5.76 Å². The molecule has 1 aromatic rings. The molecule has 3 aliphatic rings. The Hall–Kier alpha value is -2.46. The van der Waals surface area contributed by atoms with Crippen LogP contribution in [0.4, 0.5) is 0 Å². The maximum absolute atomic E-state index is 5.86. The van der Waals surface area contributed by atoms with Crippen LogP contribution in [0.1, 0.15) is 43.6 Å². The SMILES string of the molecule is COc1cccc(C2CCCN(C(CC3=CC=CCC3)C3=COC=CO3)C2)c1. The molecular formula is C24H29NO3. The fourth-order valence-corrected chi connectivity index (χ4v) is 4.37. The van der Waals surface area contributed by atoms with Gasteiger partial charge in [-0.2, -0.15) is 0 Å². The van der Waals surface area contributed by atoms with E-state index in [2.05, 4.69) is 41.3 Å². The molecule has 0 aromatic heterocycles. The van der Waals surface area contributed by atoms with E-state index in [0.717, 1.165) is 43.9 Å². The molecule has 0 spiro atoms. The molecule has 1 aliphatic carbocycles. The first-order valence-corrected chi connectivity index (χ1v) is 10.2. The maximum atomic E-state index is 5.86. The number of likely N-dealkylation sites (tertiary alicyclic amines) is 1. The molecule has 1 fully saturated rings. The molecule has 1 aromatic carbocycles. The van der Waals surface area contributed by atoms with Crippen molar-refractivity contribution in [1.29, 1.82) is 0 Å². The number of nitrogens with zero attached hydrogens (tertiary/aromatic N) is 1. The summed E-state index contributed by atoms with van der Waals surface area (Å²) in [5, 5.41) is 0. The van der Waals surface area contributed by atoms with Crippen molar-refractivity contribution >= 4 is 0 Å². The van der Waals surface area contributed by atoms with E-state index in [4.69, 9.17) is 14.2 Å². The van der Waals surface area contributed by atoms with Gasteiger partial charge in [-0.05, 0) is 62.3 Å². The summed E-state index contributed by atoms with van der Waals surface area (Å²) in [5.41, 5.74) is 2.84. The van der Waals surface area contributed by atoms with E-state index in [1.165, 1.54) is 24.0 Å². The fraction of sp³-hybridized carbons (Fsp3) is 0.417. The first kappa shape index (κ1) is 18.9. The van der Waals surface area contributed by atoms with Crippen LogP contribution in [0.15, 0.2) is 72.6 Å². The van der Waals surface area contributed by atoms with Gasteiger partial charge in [0, 0.05) is 6.54 Å². The van der Waals surface area contributed by atoms with Crippen LogP contribution in [-0.2, 0) is 9.47 Å². The van der Waals surface area contributed by atoms with Gasteiger partial charge in [0.1, 0.15) is 24.5 Å². The number of benzene rings is 1. The number of hydrogen-bond donors (Lipinski definition) is 0. The fourth-order valence-electron chi connectivity index (χ4n) is 4.37. The second-order valence-corrected chi connectivity index (χ2v) is 7.67. The highest BCUT2D eigenvalue weighted by Gasteiger charge is 2.31. The van der Waals surface area contributed by atoms with Crippen LogP contribution in [0.3, 0.4) is 0 Å². The lowest BCUT2D eigenvalue weighted by atomic mass is 9.88. The minimum Gasteiger partial charge on any atom is -0.497 e. The van der Waals surface area contributed by atoms with E-state index in [-0.39, 0.29) is 6.04 Å². The number of rotatable bonds is 6. The zero-order chi connectivity index (χ0) is 19.2. The first-order chi connectivity index (χ1) is 13.8. The molecule has 0 radical (unpaired) electrons. The van der Waals surface area contributed by atoms with Crippen molar-refractivity contribution in [2.45, 2.75) is 44.1 Å². The topological polar surface area (TPSA) is 30.9 Å². The Morgan fingerprint density at radius 1 is 1.29 bits per heavy atom. The number of allylic oxidation sites excluding steroid dienone is 3. The lowest BCUT2D eigenvalue weighted by Crippen LogP contribution is -2.43. The van der Waals surface area contributed by atoms with Crippen molar-refractivity contribution in [3.05, 3.63) is 78.2 Å². The third-order valence-corrected chi connectivity index (χ3v) is 5.87. The Kier molecular flexibility index (Phi) is 6.17. The lowest BCUT2D eigenvalue weighted by Gasteiger charge is -2.39. The van der Waals surface area contributed by atoms with Crippen molar-refractivity contribution in [3.8, 4) is 5.75 Å². The van der Waals surface area contributed by atoms with Crippen molar-refractivity contribution in [2.24, 2.45) is 0 Å². The van der Waals surface area contributed by atoms with Crippen LogP contribution in [0.2, 0.25) is 0 Å². The molecule has 28 heavy (non-hydrogen) atoms. The predicted molar refractivity (Wildman–Crippen MR) is 111 cm³/mol. The summed E-state index contributed by atoms with van der Waals surface area (Å²) in [7, 11) is 1.73. The first-order valence-electron chi connectivity index (χ1n) is 10.2. The van der Waals surface area contributed by atoms with Crippen molar-refractivity contribution in [2.75, 3.05) is 20.2 Å². The second-order valence-electron chi connectivity index (χ2n) is 7.67. The number of methoxy groups -OCH3 is 1. The monoisotopic (exact) mass is 379 g/mol. The van der Waals surface area contributed by atoms with E-state index < -0.39 is 0 Å². The van der Waals surface area contributed by atoms with Gasteiger partial charge in [-0.1, -0.05) is 35.9 Å². The summed E-state index contributed by atoms with van der Waals surface area (Å²) in [5.74, 6) is 2.35. The van der Waals surface area contributed by atoms with Crippen LogP contribution in [0, 0.1) is 0 Å². The average molecular weight is 380 g/mol. The Labute approximate surface area is 167 Å². The summed E-state index contributed by atoms with van der Waals surface area (Å²) in [6.45, 7) is 2.10. The molecule has 0 amide bonds. The third kappa shape index (κ3) is 4.50. The van der Waals surface area contributed by atoms with E-state index in [1.807, 2.05) is 6.07 Å². The van der Waals surface area contributed by atoms with Crippen molar-refractivity contribution in [3.63, 3.8) is 0 Å². The highest BCUT2D eigenvalue weighted by Crippen LogP contribution is 2.34. The van der Waals surface area contributed by atoms with E-state index >= 15 is 0 Å². The maximum Gasteiger partial charge on any atom is 0.156 e. The van der Waals surface area contributed by atoms with Crippen LogP contribution in [-0.4, -0.2) is 31.1 Å². The summed E-state index contributed by atoms with van der Waals surface area (Å²) in [4.78, 5) is 2.57. The lowest BCUT2D eigenvalue weighted by molar-refractivity contribution is 0.115. The highest BCUT2D eigenvalue weighted by molar-refractivity contribution is 5.31. The van der Waals surface area contributed by atoms with Crippen molar-refractivity contribution in [1.82, 2.24) is 4.90 Å². The molecule has 0 N–H and O–H groups in total. The zero-order valence-electron chi connectivity index (χ0n) is 16.5. The van der Waals surface area contributed by atoms with E-state index in [1.54, 1.807) is 25.9 Å². The zero-order valence-corrected chi connectivity index (χ0v) is 16.5.